The Hall–Kier alpha value is -1.30. The Morgan fingerprint density at radius 1 is 1.48 bits per heavy atom. The third-order valence-corrected chi connectivity index (χ3v) is 3.89. The first-order valence-electron chi connectivity index (χ1n) is 7.37. The Bertz CT molecular complexity index is 457. The Kier molecular flexibility index (Phi) is 8.12. The molecule has 1 aromatic rings. The SMILES string of the molecule is CCCNc1nccc(C(=O)NC(C)CCSCC)c1F. The largest absolute Gasteiger partial charge is 0.368 e. The minimum atomic E-state index is -0.585. The fourth-order valence-corrected chi connectivity index (χ4v) is 2.57. The van der Waals surface area contributed by atoms with Gasteiger partial charge in [0, 0.05) is 18.8 Å². The Balaban J connectivity index is 2.65. The summed E-state index contributed by atoms with van der Waals surface area (Å²) < 4.78 is 14.2. The van der Waals surface area contributed by atoms with Crippen LogP contribution in [0.4, 0.5) is 10.2 Å². The zero-order valence-electron chi connectivity index (χ0n) is 12.9. The number of rotatable bonds is 9. The Labute approximate surface area is 130 Å². The third kappa shape index (κ3) is 5.91. The van der Waals surface area contributed by atoms with Crippen LogP contribution < -0.4 is 10.6 Å². The Morgan fingerprint density at radius 3 is 2.90 bits per heavy atom. The number of anilines is 1. The average Bonchev–Trinajstić information content (AvgIpc) is 2.46. The number of aromatic nitrogens is 1. The van der Waals surface area contributed by atoms with Crippen molar-refractivity contribution in [3.63, 3.8) is 0 Å². The number of carbonyl (C=O) groups excluding carboxylic acids is 1. The lowest BCUT2D eigenvalue weighted by molar-refractivity contribution is 0.0935. The van der Waals surface area contributed by atoms with E-state index in [0.29, 0.717) is 6.54 Å². The minimum absolute atomic E-state index is 0.0242. The first kappa shape index (κ1) is 17.8. The van der Waals surface area contributed by atoms with Gasteiger partial charge in [-0.3, -0.25) is 4.79 Å². The lowest BCUT2D eigenvalue weighted by Gasteiger charge is -2.14. The second-order valence-electron chi connectivity index (χ2n) is 4.81. The van der Waals surface area contributed by atoms with Crippen LogP contribution in [0.5, 0.6) is 0 Å². The molecular weight excluding hydrogens is 289 g/mol. The van der Waals surface area contributed by atoms with E-state index < -0.39 is 5.82 Å². The van der Waals surface area contributed by atoms with Gasteiger partial charge in [0.15, 0.2) is 11.6 Å². The lowest BCUT2D eigenvalue weighted by Crippen LogP contribution is -2.33. The van der Waals surface area contributed by atoms with Gasteiger partial charge in [0.2, 0.25) is 0 Å². The molecule has 1 atom stereocenters. The van der Waals surface area contributed by atoms with Gasteiger partial charge >= 0.3 is 0 Å². The van der Waals surface area contributed by atoms with Gasteiger partial charge in [-0.05, 0) is 37.3 Å². The number of amides is 1. The molecule has 4 nitrogen and oxygen atoms in total. The fourth-order valence-electron chi connectivity index (χ4n) is 1.76. The molecule has 0 aromatic carbocycles. The quantitative estimate of drug-likeness (QED) is 0.687. The summed E-state index contributed by atoms with van der Waals surface area (Å²) in [5, 5.41) is 5.72. The normalized spacial score (nSPS) is 12.0. The van der Waals surface area contributed by atoms with Crippen molar-refractivity contribution >= 4 is 23.5 Å². The summed E-state index contributed by atoms with van der Waals surface area (Å²) in [5.74, 6) is 1.22. The van der Waals surface area contributed by atoms with Gasteiger partial charge in [-0.2, -0.15) is 11.8 Å². The molecule has 0 aliphatic heterocycles. The summed E-state index contributed by atoms with van der Waals surface area (Å²) >= 11 is 1.83. The summed E-state index contributed by atoms with van der Waals surface area (Å²) in [5.41, 5.74) is 0.0404. The van der Waals surface area contributed by atoms with Crippen LogP contribution >= 0.6 is 11.8 Å². The number of thioether (sulfide) groups is 1. The molecule has 118 valence electrons. The molecule has 2 N–H and O–H groups in total. The van der Waals surface area contributed by atoms with Crippen LogP contribution in [-0.2, 0) is 0 Å². The molecular formula is C15H24FN3OS. The van der Waals surface area contributed by atoms with Crippen molar-refractivity contribution in [2.24, 2.45) is 0 Å². The average molecular weight is 313 g/mol. The molecule has 21 heavy (non-hydrogen) atoms. The maximum absolute atomic E-state index is 14.2. The highest BCUT2D eigenvalue weighted by Crippen LogP contribution is 2.15. The van der Waals surface area contributed by atoms with Crippen molar-refractivity contribution in [2.45, 2.75) is 39.7 Å². The highest BCUT2D eigenvalue weighted by atomic mass is 32.2. The molecule has 0 radical (unpaired) electrons. The summed E-state index contributed by atoms with van der Waals surface area (Å²) in [6.07, 6.45) is 3.19. The van der Waals surface area contributed by atoms with E-state index in [4.69, 9.17) is 0 Å². The van der Waals surface area contributed by atoms with Crippen LogP contribution in [0.3, 0.4) is 0 Å². The summed E-state index contributed by atoms with van der Waals surface area (Å²) in [4.78, 5) is 16.1. The molecule has 6 heteroatoms. The first-order chi connectivity index (χ1) is 10.1. The molecule has 0 fully saturated rings. The number of hydrogen-bond donors (Lipinski definition) is 2. The topological polar surface area (TPSA) is 54.0 Å². The molecule has 0 aliphatic carbocycles. The lowest BCUT2D eigenvalue weighted by atomic mass is 10.2. The van der Waals surface area contributed by atoms with Gasteiger partial charge in [0.25, 0.3) is 5.91 Å². The maximum Gasteiger partial charge on any atom is 0.254 e. The standard InChI is InChI=1S/C15H24FN3OS/c1-4-8-17-14-13(16)12(6-9-18-14)15(20)19-11(3)7-10-21-5-2/h6,9,11H,4-5,7-8,10H2,1-3H3,(H,17,18)(H,19,20). The van der Waals surface area contributed by atoms with Crippen molar-refractivity contribution in [3.8, 4) is 0 Å². The number of hydrogen-bond acceptors (Lipinski definition) is 4. The van der Waals surface area contributed by atoms with Crippen molar-refractivity contribution in [2.75, 3.05) is 23.4 Å². The van der Waals surface area contributed by atoms with Crippen LogP contribution in [0, 0.1) is 5.82 Å². The molecule has 1 unspecified atom stereocenters. The number of nitrogens with one attached hydrogen (secondary N) is 2. The van der Waals surface area contributed by atoms with Crippen molar-refractivity contribution < 1.29 is 9.18 Å². The molecule has 1 amide bonds. The molecule has 0 saturated heterocycles. The van der Waals surface area contributed by atoms with Gasteiger partial charge in [0.1, 0.15) is 0 Å². The summed E-state index contributed by atoms with van der Waals surface area (Å²) in [6, 6.07) is 1.44. The smallest absolute Gasteiger partial charge is 0.254 e. The van der Waals surface area contributed by atoms with E-state index in [1.807, 2.05) is 25.6 Å². The van der Waals surface area contributed by atoms with Crippen LogP contribution in [-0.4, -0.2) is 35.0 Å². The van der Waals surface area contributed by atoms with E-state index in [9.17, 15) is 9.18 Å². The number of pyridine rings is 1. The van der Waals surface area contributed by atoms with Gasteiger partial charge in [-0.1, -0.05) is 13.8 Å². The van der Waals surface area contributed by atoms with E-state index in [-0.39, 0.29) is 23.3 Å². The van der Waals surface area contributed by atoms with Crippen LogP contribution in [0.25, 0.3) is 0 Å². The second-order valence-corrected chi connectivity index (χ2v) is 6.20. The molecule has 0 aliphatic rings. The number of carbonyl (C=O) groups is 1. The Morgan fingerprint density at radius 2 is 2.24 bits per heavy atom. The first-order valence-corrected chi connectivity index (χ1v) is 8.52. The molecule has 0 bridgehead atoms. The van der Waals surface area contributed by atoms with Crippen molar-refractivity contribution in [1.82, 2.24) is 10.3 Å². The third-order valence-electron chi connectivity index (χ3n) is 2.95. The molecule has 1 aromatic heterocycles. The highest BCUT2D eigenvalue weighted by molar-refractivity contribution is 7.99. The van der Waals surface area contributed by atoms with Gasteiger partial charge in [0.05, 0.1) is 5.56 Å². The van der Waals surface area contributed by atoms with Crippen molar-refractivity contribution in [3.05, 3.63) is 23.6 Å². The molecule has 0 saturated carbocycles. The van der Waals surface area contributed by atoms with E-state index in [1.165, 1.54) is 12.3 Å². The number of nitrogens with zero attached hydrogens (tertiary/aromatic N) is 1. The van der Waals surface area contributed by atoms with Crippen LogP contribution in [0.2, 0.25) is 0 Å². The monoisotopic (exact) mass is 313 g/mol. The van der Waals surface area contributed by atoms with Crippen molar-refractivity contribution in [1.29, 1.82) is 0 Å². The van der Waals surface area contributed by atoms with E-state index in [2.05, 4.69) is 22.5 Å². The molecule has 1 heterocycles. The van der Waals surface area contributed by atoms with Gasteiger partial charge in [-0.15, -0.1) is 0 Å². The maximum atomic E-state index is 14.2. The summed E-state index contributed by atoms with van der Waals surface area (Å²) in [7, 11) is 0. The highest BCUT2D eigenvalue weighted by Gasteiger charge is 2.17. The minimum Gasteiger partial charge on any atom is -0.368 e. The zero-order chi connectivity index (χ0) is 15.7. The van der Waals surface area contributed by atoms with E-state index >= 15 is 0 Å². The van der Waals surface area contributed by atoms with Crippen LogP contribution in [0.1, 0.15) is 44.0 Å². The fraction of sp³-hybridized carbons (Fsp3) is 0.600. The molecule has 1 rings (SSSR count). The van der Waals surface area contributed by atoms with E-state index in [1.54, 1.807) is 0 Å². The predicted molar refractivity (Wildman–Crippen MR) is 87.5 cm³/mol. The van der Waals surface area contributed by atoms with Gasteiger partial charge < -0.3 is 10.6 Å². The predicted octanol–water partition coefficient (Wildman–Crippen LogP) is 3.30. The van der Waals surface area contributed by atoms with E-state index in [0.717, 1.165) is 24.3 Å². The van der Waals surface area contributed by atoms with Crippen LogP contribution in [0.15, 0.2) is 12.3 Å². The second kappa shape index (κ2) is 9.60. The number of halogens is 1. The zero-order valence-corrected chi connectivity index (χ0v) is 13.7. The molecule has 0 spiro atoms. The summed E-state index contributed by atoms with van der Waals surface area (Å²) in [6.45, 7) is 6.64. The van der Waals surface area contributed by atoms with Gasteiger partial charge in [-0.25, -0.2) is 9.37 Å².